The molecular weight excluding hydrogens is 421 g/mol. The summed E-state index contributed by atoms with van der Waals surface area (Å²) in [6.07, 6.45) is 2.86. The molecule has 0 aliphatic carbocycles. The zero-order valence-corrected chi connectivity index (χ0v) is 20.2. The molecule has 1 fully saturated rings. The molecule has 33 heavy (non-hydrogen) atoms. The van der Waals surface area contributed by atoms with E-state index in [9.17, 15) is 14.0 Å². The molecule has 0 saturated carbocycles. The van der Waals surface area contributed by atoms with E-state index in [1.807, 2.05) is 19.0 Å². The number of rotatable bonds is 9. The Morgan fingerprint density at radius 1 is 1.18 bits per heavy atom. The Hall–Kier alpha value is -2.93. The highest BCUT2D eigenvalue weighted by atomic mass is 19.1. The highest BCUT2D eigenvalue weighted by molar-refractivity contribution is 6.08. The minimum Gasteiger partial charge on any atom is -0.493 e. The van der Waals surface area contributed by atoms with Gasteiger partial charge in [-0.15, -0.1) is 0 Å². The number of carbonyl (C=O) groups excluding carboxylic acids is 2. The molecule has 0 aromatic heterocycles. The number of Topliss-reactive ketones (excluding diaryl/α,β-unsaturated/α-hetero) is 1. The Balaban J connectivity index is 0.00000408. The lowest BCUT2D eigenvalue weighted by molar-refractivity contribution is 0.0993. The van der Waals surface area contributed by atoms with Crippen LogP contribution in [0.1, 0.15) is 55.3 Å². The molecule has 1 saturated heterocycles. The van der Waals surface area contributed by atoms with Crippen LogP contribution in [0, 0.1) is 5.82 Å². The fourth-order valence-electron chi connectivity index (χ4n) is 4.04. The number of benzene rings is 2. The molecule has 1 heterocycles. The molecule has 1 aliphatic heterocycles. The van der Waals surface area contributed by atoms with Gasteiger partial charge < -0.3 is 19.4 Å². The largest absolute Gasteiger partial charge is 0.493 e. The van der Waals surface area contributed by atoms with E-state index in [0.29, 0.717) is 40.9 Å². The average Bonchev–Trinajstić information content (AvgIpc) is 3.28. The van der Waals surface area contributed by atoms with Crippen molar-refractivity contribution in [3.63, 3.8) is 0 Å². The van der Waals surface area contributed by atoms with Crippen LogP contribution in [0.15, 0.2) is 36.4 Å². The van der Waals surface area contributed by atoms with Crippen LogP contribution in [0.2, 0.25) is 0 Å². The van der Waals surface area contributed by atoms with Crippen LogP contribution >= 0.6 is 0 Å². The maximum absolute atomic E-state index is 15.0. The van der Waals surface area contributed by atoms with E-state index in [-0.39, 0.29) is 18.9 Å². The second kappa shape index (κ2) is 10.8. The van der Waals surface area contributed by atoms with Gasteiger partial charge in [0.1, 0.15) is 11.6 Å². The summed E-state index contributed by atoms with van der Waals surface area (Å²) in [5, 5.41) is 0. The third-order valence-electron chi connectivity index (χ3n) is 6.22. The number of carbonyl (C=O) groups is 2. The first-order valence-electron chi connectivity index (χ1n) is 11.5. The van der Waals surface area contributed by atoms with Crippen molar-refractivity contribution in [2.75, 3.05) is 50.6 Å². The van der Waals surface area contributed by atoms with Gasteiger partial charge in [-0.1, -0.05) is 13.3 Å². The van der Waals surface area contributed by atoms with E-state index in [2.05, 4.69) is 11.8 Å². The number of unbranched alkanes of at least 4 members (excludes halogenated alkanes) is 1. The second-order valence-electron chi connectivity index (χ2n) is 8.82. The number of hydrogen-bond acceptors (Lipinski definition) is 5. The Morgan fingerprint density at radius 3 is 2.55 bits per heavy atom. The highest BCUT2D eigenvalue weighted by Crippen LogP contribution is 2.29. The molecule has 0 spiro atoms. The van der Waals surface area contributed by atoms with Crippen LogP contribution in [-0.4, -0.2) is 63.5 Å². The molecule has 1 aliphatic rings. The van der Waals surface area contributed by atoms with Crippen molar-refractivity contribution in [2.45, 2.75) is 39.2 Å². The first-order chi connectivity index (χ1) is 15.7. The van der Waals surface area contributed by atoms with Crippen molar-refractivity contribution in [1.82, 2.24) is 4.90 Å². The summed E-state index contributed by atoms with van der Waals surface area (Å²) in [6.45, 7) is 5.61. The van der Waals surface area contributed by atoms with Crippen LogP contribution in [0.5, 0.6) is 5.75 Å². The van der Waals surface area contributed by atoms with Crippen molar-refractivity contribution in [3.05, 3.63) is 53.3 Å². The van der Waals surface area contributed by atoms with Gasteiger partial charge in [-0.25, -0.2) is 4.39 Å². The van der Waals surface area contributed by atoms with Crippen molar-refractivity contribution in [2.24, 2.45) is 0 Å². The SMILES string of the molecule is CCCCOc1ccc(C(=O)N(C)c2ccc(N3CCC(N(C)C)C3)c(F)c2)cc1C(C)=O.[HH]. The summed E-state index contributed by atoms with van der Waals surface area (Å²) in [7, 11) is 5.68. The number of hydrogen-bond donors (Lipinski definition) is 0. The third kappa shape index (κ3) is 5.71. The van der Waals surface area contributed by atoms with Gasteiger partial charge in [0.05, 0.1) is 17.9 Å². The monoisotopic (exact) mass is 457 g/mol. The second-order valence-corrected chi connectivity index (χ2v) is 8.82. The molecule has 180 valence electrons. The molecule has 0 N–H and O–H groups in total. The maximum Gasteiger partial charge on any atom is 0.258 e. The molecule has 2 aromatic carbocycles. The van der Waals surface area contributed by atoms with Crippen molar-refractivity contribution < 1.29 is 20.1 Å². The van der Waals surface area contributed by atoms with E-state index in [4.69, 9.17) is 4.74 Å². The smallest absolute Gasteiger partial charge is 0.258 e. The van der Waals surface area contributed by atoms with E-state index in [1.165, 1.54) is 17.9 Å². The van der Waals surface area contributed by atoms with E-state index in [1.54, 1.807) is 37.4 Å². The topological polar surface area (TPSA) is 53.1 Å². The fraction of sp³-hybridized carbons (Fsp3) is 0.462. The first-order valence-corrected chi connectivity index (χ1v) is 11.5. The van der Waals surface area contributed by atoms with Crippen LogP contribution in [0.3, 0.4) is 0 Å². The molecule has 0 radical (unpaired) electrons. The van der Waals surface area contributed by atoms with Gasteiger partial charge in [-0.2, -0.15) is 0 Å². The normalized spacial score (nSPS) is 15.7. The summed E-state index contributed by atoms with van der Waals surface area (Å²) < 4.78 is 20.7. The van der Waals surface area contributed by atoms with Gasteiger partial charge >= 0.3 is 0 Å². The molecule has 0 bridgehead atoms. The summed E-state index contributed by atoms with van der Waals surface area (Å²) >= 11 is 0. The van der Waals surface area contributed by atoms with Gasteiger partial charge in [0.15, 0.2) is 5.78 Å². The number of anilines is 2. The molecule has 3 rings (SSSR count). The van der Waals surface area contributed by atoms with E-state index in [0.717, 1.165) is 32.4 Å². The van der Waals surface area contributed by atoms with Crippen LogP contribution in [0.4, 0.5) is 15.8 Å². The predicted octanol–water partition coefficient (Wildman–Crippen LogP) is 4.87. The predicted molar refractivity (Wildman–Crippen MR) is 132 cm³/mol. The molecule has 1 unspecified atom stereocenters. The zero-order chi connectivity index (χ0) is 24.1. The molecule has 1 amide bonds. The number of nitrogens with zero attached hydrogens (tertiary/aromatic N) is 3. The maximum atomic E-state index is 15.0. The molecule has 2 aromatic rings. The number of halogens is 1. The average molecular weight is 458 g/mol. The lowest BCUT2D eigenvalue weighted by Crippen LogP contribution is -2.31. The van der Waals surface area contributed by atoms with Gasteiger partial charge in [-0.3, -0.25) is 9.59 Å². The lowest BCUT2D eigenvalue weighted by atomic mass is 10.1. The van der Waals surface area contributed by atoms with E-state index >= 15 is 0 Å². The fourth-order valence-corrected chi connectivity index (χ4v) is 4.04. The number of ether oxygens (including phenoxy) is 1. The Labute approximate surface area is 197 Å². The van der Waals surface area contributed by atoms with Crippen molar-refractivity contribution in [1.29, 1.82) is 0 Å². The summed E-state index contributed by atoms with van der Waals surface area (Å²) in [4.78, 5) is 30.8. The number of amides is 1. The number of ketones is 1. The number of likely N-dealkylation sites (N-methyl/N-ethyl adjacent to an activating group) is 1. The van der Waals surface area contributed by atoms with Crippen LogP contribution in [0.25, 0.3) is 0 Å². The third-order valence-corrected chi connectivity index (χ3v) is 6.22. The Bertz CT molecular complexity index is 1010. The standard InChI is InChI=1S/C26H34FN3O3.H2/c1-6-7-14-33-25-11-8-19(15-22(25)18(2)31)26(32)29(5)20-9-10-24(23(27)16-20)30-13-12-21(17-30)28(3)4;/h8-11,15-16,21H,6-7,12-14,17H2,1-5H3;1H. The lowest BCUT2D eigenvalue weighted by Gasteiger charge is -2.24. The van der Waals surface area contributed by atoms with Gasteiger partial charge in [0, 0.05) is 38.9 Å². The van der Waals surface area contributed by atoms with Gasteiger partial charge in [0.25, 0.3) is 5.91 Å². The first kappa shape index (κ1) is 24.7. The van der Waals surface area contributed by atoms with Gasteiger partial charge in [0.2, 0.25) is 0 Å². The minimum atomic E-state index is -0.351. The van der Waals surface area contributed by atoms with Gasteiger partial charge in [-0.05, 0) is 70.3 Å². The van der Waals surface area contributed by atoms with E-state index < -0.39 is 0 Å². The summed E-state index contributed by atoms with van der Waals surface area (Å²) in [6, 6.07) is 10.1. The highest BCUT2D eigenvalue weighted by Gasteiger charge is 2.26. The zero-order valence-electron chi connectivity index (χ0n) is 20.2. The molecule has 1 atom stereocenters. The summed E-state index contributed by atoms with van der Waals surface area (Å²) in [5.74, 6) is -0.364. The molecular formula is C26H36FN3O3. The van der Waals surface area contributed by atoms with Crippen molar-refractivity contribution >= 4 is 23.1 Å². The Kier molecular flexibility index (Phi) is 8.08. The van der Waals surface area contributed by atoms with Crippen LogP contribution < -0.4 is 14.5 Å². The summed E-state index contributed by atoms with van der Waals surface area (Å²) in [5.41, 5.74) is 1.73. The minimum absolute atomic E-state index is 0. The van der Waals surface area contributed by atoms with Crippen LogP contribution in [-0.2, 0) is 0 Å². The Morgan fingerprint density at radius 2 is 1.94 bits per heavy atom. The quantitative estimate of drug-likeness (QED) is 0.397. The molecule has 7 heteroatoms. The molecule has 6 nitrogen and oxygen atoms in total. The van der Waals surface area contributed by atoms with Crippen molar-refractivity contribution in [3.8, 4) is 5.75 Å².